The monoisotopic (exact) mass is 246 g/mol. The fourth-order valence-electron chi connectivity index (χ4n) is 2.78. The molecule has 3 heteroatoms. The highest BCUT2D eigenvalue weighted by atomic mass is 16.5. The van der Waals surface area contributed by atoms with Gasteiger partial charge in [0.15, 0.2) is 0 Å². The van der Waals surface area contributed by atoms with Gasteiger partial charge in [0, 0.05) is 31.9 Å². The van der Waals surface area contributed by atoms with Crippen molar-refractivity contribution >= 4 is 5.69 Å². The Bertz CT molecular complexity index is 403. The van der Waals surface area contributed by atoms with Gasteiger partial charge in [-0.05, 0) is 30.9 Å². The number of fused-ring (bicyclic) bond motifs is 1. The number of nitrogens with one attached hydrogen (secondary N) is 1. The van der Waals surface area contributed by atoms with Crippen LogP contribution in [0.25, 0.3) is 0 Å². The molecule has 0 saturated heterocycles. The third kappa shape index (κ3) is 2.52. The Kier molecular flexibility index (Phi) is 3.52. The molecule has 0 aromatic heterocycles. The van der Waals surface area contributed by atoms with Crippen molar-refractivity contribution in [2.75, 3.05) is 31.7 Å². The first-order valence-corrected chi connectivity index (χ1v) is 6.95. The van der Waals surface area contributed by atoms with Crippen LogP contribution in [0, 0.1) is 0 Å². The molecule has 3 nitrogen and oxygen atoms in total. The van der Waals surface area contributed by atoms with E-state index in [9.17, 15) is 0 Å². The Morgan fingerprint density at radius 1 is 1.39 bits per heavy atom. The number of para-hydroxylation sites is 1. The maximum Gasteiger partial charge on any atom is 0.0678 e. The van der Waals surface area contributed by atoms with E-state index in [2.05, 4.69) is 34.5 Å². The van der Waals surface area contributed by atoms with E-state index in [4.69, 9.17) is 4.74 Å². The number of hydrogen-bond acceptors (Lipinski definition) is 3. The van der Waals surface area contributed by atoms with Gasteiger partial charge in [-0.25, -0.2) is 0 Å². The van der Waals surface area contributed by atoms with Crippen molar-refractivity contribution in [2.24, 2.45) is 0 Å². The first-order chi connectivity index (χ1) is 8.88. The lowest BCUT2D eigenvalue weighted by atomic mass is 10.1. The van der Waals surface area contributed by atoms with Gasteiger partial charge in [0.05, 0.1) is 12.6 Å². The van der Waals surface area contributed by atoms with E-state index < -0.39 is 0 Å². The highest BCUT2D eigenvalue weighted by Gasteiger charge is 2.28. The molecule has 2 aliphatic rings. The molecule has 1 saturated carbocycles. The molecule has 1 aromatic rings. The second kappa shape index (κ2) is 5.29. The minimum atomic E-state index is 0.458. The summed E-state index contributed by atoms with van der Waals surface area (Å²) in [5.41, 5.74) is 2.88. The summed E-state index contributed by atoms with van der Waals surface area (Å²) in [6.07, 6.45) is 3.85. The van der Waals surface area contributed by atoms with E-state index in [0.717, 1.165) is 25.7 Å². The Labute approximate surface area is 109 Å². The zero-order valence-corrected chi connectivity index (χ0v) is 11.1. The van der Waals surface area contributed by atoms with Crippen molar-refractivity contribution in [1.82, 2.24) is 5.32 Å². The van der Waals surface area contributed by atoms with Crippen LogP contribution in [0.1, 0.15) is 18.4 Å². The molecule has 1 aromatic carbocycles. The topological polar surface area (TPSA) is 24.5 Å². The zero-order chi connectivity index (χ0) is 12.4. The third-order valence-electron chi connectivity index (χ3n) is 3.94. The van der Waals surface area contributed by atoms with Crippen molar-refractivity contribution < 1.29 is 4.74 Å². The summed E-state index contributed by atoms with van der Waals surface area (Å²) in [5, 5.41) is 3.63. The predicted molar refractivity (Wildman–Crippen MR) is 74.2 cm³/mol. The highest BCUT2D eigenvalue weighted by molar-refractivity contribution is 5.58. The third-order valence-corrected chi connectivity index (χ3v) is 3.94. The number of methoxy groups -OCH3 is 1. The lowest BCUT2D eigenvalue weighted by Gasteiger charge is -2.30. The van der Waals surface area contributed by atoms with Crippen LogP contribution in [0.2, 0.25) is 0 Å². The maximum absolute atomic E-state index is 5.40. The Balaban J connectivity index is 1.69. The Morgan fingerprint density at radius 2 is 2.22 bits per heavy atom. The summed E-state index contributed by atoms with van der Waals surface area (Å²) in [7, 11) is 1.80. The molecule has 1 heterocycles. The van der Waals surface area contributed by atoms with E-state index in [1.165, 1.54) is 30.5 Å². The van der Waals surface area contributed by atoms with Crippen molar-refractivity contribution in [3.05, 3.63) is 29.8 Å². The second-order valence-electron chi connectivity index (χ2n) is 5.36. The fraction of sp³-hybridized carbons (Fsp3) is 0.600. The molecular weight excluding hydrogens is 224 g/mol. The first-order valence-electron chi connectivity index (χ1n) is 6.95. The smallest absolute Gasteiger partial charge is 0.0678 e. The molecule has 1 unspecified atom stereocenters. The Morgan fingerprint density at radius 3 is 3.00 bits per heavy atom. The van der Waals surface area contributed by atoms with Gasteiger partial charge in [-0.3, -0.25) is 0 Å². The predicted octanol–water partition coefficient (Wildman–Crippen LogP) is 1.82. The Hall–Kier alpha value is -1.06. The minimum absolute atomic E-state index is 0.458. The molecule has 0 radical (unpaired) electrons. The fourth-order valence-corrected chi connectivity index (χ4v) is 2.78. The van der Waals surface area contributed by atoms with Crippen LogP contribution in [0.15, 0.2) is 24.3 Å². The SMILES string of the molecule is COCC(CNC1CC1)N1CCc2ccccc21. The number of hydrogen-bond donors (Lipinski definition) is 1. The molecular formula is C15H22N2O. The van der Waals surface area contributed by atoms with Gasteiger partial charge in [-0.2, -0.15) is 0 Å². The van der Waals surface area contributed by atoms with E-state index >= 15 is 0 Å². The molecule has 1 fully saturated rings. The maximum atomic E-state index is 5.40. The van der Waals surface area contributed by atoms with Crippen LogP contribution in [-0.4, -0.2) is 38.9 Å². The van der Waals surface area contributed by atoms with Gasteiger partial charge in [0.1, 0.15) is 0 Å². The second-order valence-corrected chi connectivity index (χ2v) is 5.36. The molecule has 18 heavy (non-hydrogen) atoms. The number of benzene rings is 1. The van der Waals surface area contributed by atoms with Gasteiger partial charge in [-0.15, -0.1) is 0 Å². The van der Waals surface area contributed by atoms with Crippen LogP contribution >= 0.6 is 0 Å². The number of rotatable bonds is 6. The number of nitrogens with zero attached hydrogens (tertiary/aromatic N) is 1. The van der Waals surface area contributed by atoms with E-state index in [1.54, 1.807) is 7.11 Å². The average molecular weight is 246 g/mol. The zero-order valence-electron chi connectivity index (χ0n) is 11.1. The van der Waals surface area contributed by atoms with E-state index in [0.29, 0.717) is 6.04 Å². The molecule has 0 bridgehead atoms. The molecule has 1 aliphatic carbocycles. The molecule has 98 valence electrons. The van der Waals surface area contributed by atoms with E-state index in [1.807, 2.05) is 0 Å². The van der Waals surface area contributed by atoms with Gasteiger partial charge in [-0.1, -0.05) is 18.2 Å². The average Bonchev–Trinajstić information content (AvgIpc) is 3.13. The summed E-state index contributed by atoms with van der Waals surface area (Å²) >= 11 is 0. The largest absolute Gasteiger partial charge is 0.383 e. The van der Waals surface area contributed by atoms with Gasteiger partial charge < -0.3 is 15.0 Å². The molecule has 0 spiro atoms. The van der Waals surface area contributed by atoms with Gasteiger partial charge in [0.25, 0.3) is 0 Å². The van der Waals surface area contributed by atoms with Crippen LogP contribution in [0.4, 0.5) is 5.69 Å². The summed E-state index contributed by atoms with van der Waals surface area (Å²) in [4.78, 5) is 2.51. The summed E-state index contributed by atoms with van der Waals surface area (Å²) < 4.78 is 5.40. The number of ether oxygens (including phenoxy) is 1. The summed E-state index contributed by atoms with van der Waals surface area (Å²) in [5.74, 6) is 0. The van der Waals surface area contributed by atoms with Crippen LogP contribution in [0.3, 0.4) is 0 Å². The van der Waals surface area contributed by atoms with Crippen molar-refractivity contribution in [2.45, 2.75) is 31.3 Å². The summed E-state index contributed by atoms with van der Waals surface area (Å²) in [6, 6.07) is 9.97. The van der Waals surface area contributed by atoms with Crippen molar-refractivity contribution in [3.63, 3.8) is 0 Å². The normalized spacial score (nSPS) is 19.9. The van der Waals surface area contributed by atoms with Crippen LogP contribution in [-0.2, 0) is 11.2 Å². The van der Waals surface area contributed by atoms with Gasteiger partial charge >= 0.3 is 0 Å². The lowest BCUT2D eigenvalue weighted by Crippen LogP contribution is -2.45. The van der Waals surface area contributed by atoms with E-state index in [-0.39, 0.29) is 0 Å². The minimum Gasteiger partial charge on any atom is -0.383 e. The summed E-state index contributed by atoms with van der Waals surface area (Å²) in [6.45, 7) is 2.96. The number of anilines is 1. The molecule has 3 rings (SSSR count). The molecule has 1 aliphatic heterocycles. The standard InChI is InChI=1S/C15H22N2O/c1-18-11-14(10-16-13-6-7-13)17-9-8-12-4-2-3-5-15(12)17/h2-5,13-14,16H,6-11H2,1H3. The first kappa shape index (κ1) is 12.0. The van der Waals surface area contributed by atoms with Crippen LogP contribution < -0.4 is 10.2 Å². The van der Waals surface area contributed by atoms with Crippen molar-refractivity contribution in [3.8, 4) is 0 Å². The van der Waals surface area contributed by atoms with Gasteiger partial charge in [0.2, 0.25) is 0 Å². The molecule has 1 N–H and O–H groups in total. The van der Waals surface area contributed by atoms with Crippen LogP contribution in [0.5, 0.6) is 0 Å². The molecule has 1 atom stereocenters. The molecule has 0 amide bonds. The quantitative estimate of drug-likeness (QED) is 0.828. The lowest BCUT2D eigenvalue weighted by molar-refractivity contribution is 0.175. The highest BCUT2D eigenvalue weighted by Crippen LogP contribution is 2.29. The van der Waals surface area contributed by atoms with Crippen molar-refractivity contribution in [1.29, 1.82) is 0 Å².